The topological polar surface area (TPSA) is 73.8 Å². The maximum Gasteiger partial charge on any atom is 0.231 e. The largest absolute Gasteiger partial charge is 0.348 e. The highest BCUT2D eigenvalue weighted by Gasteiger charge is 2.56. The molecule has 0 aliphatic carbocycles. The molecule has 0 aromatic carbocycles. The number of amides is 1. The molecule has 0 bridgehead atoms. The first-order valence-corrected chi connectivity index (χ1v) is 10.2. The smallest absolute Gasteiger partial charge is 0.231 e. The van der Waals surface area contributed by atoms with Crippen molar-refractivity contribution in [3.63, 3.8) is 0 Å². The molecule has 0 unspecified atom stereocenters. The van der Waals surface area contributed by atoms with Gasteiger partial charge in [0.15, 0.2) is 0 Å². The Morgan fingerprint density at radius 2 is 2.16 bits per heavy atom. The Hall–Kier alpha value is -1.51. The van der Waals surface area contributed by atoms with E-state index in [1.165, 1.54) is 4.31 Å². The second-order valence-electron chi connectivity index (χ2n) is 7.27. The molecule has 0 N–H and O–H groups in total. The zero-order valence-corrected chi connectivity index (χ0v) is 15.9. The Kier molecular flexibility index (Phi) is 4.87. The van der Waals surface area contributed by atoms with Crippen LogP contribution in [0.5, 0.6) is 0 Å². The van der Waals surface area contributed by atoms with Crippen molar-refractivity contribution >= 4 is 15.9 Å². The molecule has 0 spiro atoms. The highest BCUT2D eigenvalue weighted by molar-refractivity contribution is 7.89. The van der Waals surface area contributed by atoms with Crippen LogP contribution in [0.2, 0.25) is 0 Å². The Morgan fingerprint density at radius 1 is 1.40 bits per heavy atom. The average molecular weight is 366 g/mol. The van der Waals surface area contributed by atoms with E-state index in [9.17, 15) is 13.2 Å². The van der Waals surface area contributed by atoms with Gasteiger partial charge in [-0.25, -0.2) is 12.7 Å². The maximum absolute atomic E-state index is 13.1. The average Bonchev–Trinajstić information content (AvgIpc) is 2.59. The molecule has 1 aromatic heterocycles. The van der Waals surface area contributed by atoms with Crippen LogP contribution in [0.4, 0.5) is 0 Å². The SMILES string of the molecule is CN(C)C(=O)[C@]12CCS(=O)(=O)N(C)[C@@H]1CCN(Cc1ccccn1)C2. The quantitative estimate of drug-likeness (QED) is 0.774. The zero-order chi connectivity index (χ0) is 18.2. The standard InChI is InChI=1S/C17H26N4O3S/c1-19(2)16(22)17-8-11-25(23,24)20(3)15(17)7-10-21(13-17)12-14-6-4-5-9-18-14/h4-6,9,15H,7-8,10-13H2,1-3H3/t15-,17+/m1/s1. The molecule has 2 saturated heterocycles. The summed E-state index contributed by atoms with van der Waals surface area (Å²) >= 11 is 0. The number of likely N-dealkylation sites (tertiary alicyclic amines) is 1. The Labute approximate surface area is 149 Å². The summed E-state index contributed by atoms with van der Waals surface area (Å²) in [6, 6.07) is 5.54. The molecule has 1 amide bonds. The van der Waals surface area contributed by atoms with Crippen LogP contribution in [0, 0.1) is 5.41 Å². The number of piperidine rings is 1. The van der Waals surface area contributed by atoms with Gasteiger partial charge in [0.05, 0.1) is 16.9 Å². The summed E-state index contributed by atoms with van der Waals surface area (Å²) in [6.45, 7) is 1.99. The molecule has 1 aromatic rings. The number of hydrogen-bond acceptors (Lipinski definition) is 5. The normalized spacial score (nSPS) is 29.8. The van der Waals surface area contributed by atoms with Gasteiger partial charge in [0.25, 0.3) is 0 Å². The number of hydrogen-bond donors (Lipinski definition) is 0. The van der Waals surface area contributed by atoms with Crippen LogP contribution in [0.15, 0.2) is 24.4 Å². The van der Waals surface area contributed by atoms with Crippen molar-refractivity contribution in [1.82, 2.24) is 19.1 Å². The molecule has 25 heavy (non-hydrogen) atoms. The number of sulfonamides is 1. The molecular weight excluding hydrogens is 340 g/mol. The fourth-order valence-corrected chi connectivity index (χ4v) is 5.81. The van der Waals surface area contributed by atoms with Crippen molar-refractivity contribution < 1.29 is 13.2 Å². The van der Waals surface area contributed by atoms with E-state index < -0.39 is 15.4 Å². The fraction of sp³-hybridized carbons (Fsp3) is 0.647. The monoisotopic (exact) mass is 366 g/mol. The molecule has 2 aliphatic heterocycles. The van der Waals surface area contributed by atoms with Crippen LogP contribution < -0.4 is 0 Å². The first kappa shape index (κ1) is 18.3. The first-order chi connectivity index (χ1) is 11.8. The third-order valence-electron chi connectivity index (χ3n) is 5.49. The lowest BCUT2D eigenvalue weighted by atomic mass is 9.72. The van der Waals surface area contributed by atoms with E-state index in [-0.39, 0.29) is 17.7 Å². The van der Waals surface area contributed by atoms with Gasteiger partial charge in [-0.05, 0) is 25.0 Å². The van der Waals surface area contributed by atoms with Crippen LogP contribution in [0.25, 0.3) is 0 Å². The van der Waals surface area contributed by atoms with Gasteiger partial charge in [0, 0.05) is 53.0 Å². The molecule has 2 atom stereocenters. The van der Waals surface area contributed by atoms with Gasteiger partial charge >= 0.3 is 0 Å². The van der Waals surface area contributed by atoms with Gasteiger partial charge in [-0.3, -0.25) is 14.7 Å². The van der Waals surface area contributed by atoms with Crippen molar-refractivity contribution in [3.05, 3.63) is 30.1 Å². The predicted octanol–water partition coefficient (Wildman–Crippen LogP) is 0.396. The molecule has 3 rings (SSSR count). The zero-order valence-electron chi connectivity index (χ0n) is 15.1. The summed E-state index contributed by atoms with van der Waals surface area (Å²) < 4.78 is 26.1. The van der Waals surface area contributed by atoms with Gasteiger partial charge in [-0.1, -0.05) is 6.07 Å². The Balaban J connectivity index is 1.89. The third kappa shape index (κ3) is 3.30. The number of aromatic nitrogens is 1. The van der Waals surface area contributed by atoms with Crippen molar-refractivity contribution in [2.24, 2.45) is 5.41 Å². The van der Waals surface area contributed by atoms with E-state index in [4.69, 9.17) is 0 Å². The van der Waals surface area contributed by atoms with Crippen molar-refractivity contribution in [2.45, 2.75) is 25.4 Å². The lowest BCUT2D eigenvalue weighted by Crippen LogP contribution is -2.66. The van der Waals surface area contributed by atoms with E-state index in [1.807, 2.05) is 18.2 Å². The molecule has 3 heterocycles. The summed E-state index contributed by atoms with van der Waals surface area (Å²) in [6.07, 6.45) is 2.80. The van der Waals surface area contributed by atoms with Crippen LogP contribution in [0.3, 0.4) is 0 Å². The number of pyridine rings is 1. The summed E-state index contributed by atoms with van der Waals surface area (Å²) in [4.78, 5) is 21.3. The van der Waals surface area contributed by atoms with E-state index in [0.29, 0.717) is 25.9 Å². The van der Waals surface area contributed by atoms with Gasteiger partial charge in [0.1, 0.15) is 0 Å². The maximum atomic E-state index is 13.1. The number of carbonyl (C=O) groups excluding carboxylic acids is 1. The van der Waals surface area contributed by atoms with Crippen LogP contribution in [-0.4, -0.2) is 79.4 Å². The summed E-state index contributed by atoms with van der Waals surface area (Å²) in [5.41, 5.74) is 0.279. The molecule has 2 fully saturated rings. The number of carbonyl (C=O) groups is 1. The predicted molar refractivity (Wildman–Crippen MR) is 95.2 cm³/mol. The van der Waals surface area contributed by atoms with Gasteiger partial charge < -0.3 is 4.90 Å². The van der Waals surface area contributed by atoms with Gasteiger partial charge in [-0.15, -0.1) is 0 Å². The lowest BCUT2D eigenvalue weighted by molar-refractivity contribution is -0.148. The molecule has 8 heteroatoms. The van der Waals surface area contributed by atoms with E-state index in [0.717, 1.165) is 12.2 Å². The highest BCUT2D eigenvalue weighted by Crippen LogP contribution is 2.43. The minimum atomic E-state index is -3.27. The van der Waals surface area contributed by atoms with Crippen molar-refractivity contribution in [3.8, 4) is 0 Å². The number of rotatable bonds is 3. The van der Waals surface area contributed by atoms with Crippen LogP contribution >= 0.6 is 0 Å². The molecule has 0 saturated carbocycles. The lowest BCUT2D eigenvalue weighted by Gasteiger charge is -2.53. The molecular formula is C17H26N4O3S. The first-order valence-electron chi connectivity index (χ1n) is 8.56. The fourth-order valence-electron chi connectivity index (χ4n) is 4.21. The van der Waals surface area contributed by atoms with E-state index in [1.54, 1.807) is 32.2 Å². The minimum Gasteiger partial charge on any atom is -0.348 e. The van der Waals surface area contributed by atoms with Crippen molar-refractivity contribution in [1.29, 1.82) is 0 Å². The summed E-state index contributed by atoms with van der Waals surface area (Å²) in [5.74, 6) is 0.0433. The minimum absolute atomic E-state index is 0.0185. The summed E-state index contributed by atoms with van der Waals surface area (Å²) in [5, 5.41) is 0. The second kappa shape index (κ2) is 6.66. The van der Waals surface area contributed by atoms with Gasteiger partial charge in [0.2, 0.25) is 15.9 Å². The second-order valence-corrected chi connectivity index (χ2v) is 9.42. The highest BCUT2D eigenvalue weighted by atomic mass is 32.2. The molecule has 0 radical (unpaired) electrons. The van der Waals surface area contributed by atoms with Crippen LogP contribution in [0.1, 0.15) is 18.5 Å². The summed E-state index contributed by atoms with van der Waals surface area (Å²) in [7, 11) is 1.83. The third-order valence-corrected chi connectivity index (χ3v) is 7.34. The van der Waals surface area contributed by atoms with Crippen molar-refractivity contribution in [2.75, 3.05) is 40.0 Å². The van der Waals surface area contributed by atoms with Crippen LogP contribution in [-0.2, 0) is 21.4 Å². The molecule has 2 aliphatic rings. The molecule has 7 nitrogen and oxygen atoms in total. The Bertz CT molecular complexity index is 738. The van der Waals surface area contributed by atoms with E-state index >= 15 is 0 Å². The van der Waals surface area contributed by atoms with E-state index in [2.05, 4.69) is 9.88 Å². The Morgan fingerprint density at radius 3 is 2.80 bits per heavy atom. The molecule has 138 valence electrons. The number of fused-ring (bicyclic) bond motifs is 1. The number of nitrogens with zero attached hydrogens (tertiary/aromatic N) is 4. The van der Waals surface area contributed by atoms with Gasteiger partial charge in [-0.2, -0.15) is 0 Å².